The highest BCUT2D eigenvalue weighted by Crippen LogP contribution is 2.39. The molecule has 10 nitrogen and oxygen atoms in total. The molecule has 0 aliphatic carbocycles. The number of methoxy groups -OCH3 is 1. The number of hydrogen-bond donors (Lipinski definition) is 9. The lowest BCUT2D eigenvalue weighted by molar-refractivity contribution is 0.415. The van der Waals surface area contributed by atoms with Gasteiger partial charge in [0.25, 0.3) is 0 Å². The van der Waals surface area contributed by atoms with Crippen LogP contribution in [0.4, 0.5) is 34.1 Å². The second-order valence-corrected chi connectivity index (χ2v) is 18.1. The molecule has 6 rings (SSSR count). The van der Waals surface area contributed by atoms with Gasteiger partial charge in [0.15, 0.2) is 0 Å². The van der Waals surface area contributed by atoms with E-state index < -0.39 is 0 Å². The van der Waals surface area contributed by atoms with Gasteiger partial charge < -0.3 is 37.9 Å². The average Bonchev–Trinajstić information content (AvgIpc) is 3.90. The molecular formula is C38H42ClN9OS6. The number of halogens is 1. The highest BCUT2D eigenvalue weighted by Gasteiger charge is 2.13. The van der Waals surface area contributed by atoms with Crippen LogP contribution in [-0.2, 0) is 0 Å². The number of ether oxygens (including phenoxy) is 1. The van der Waals surface area contributed by atoms with Gasteiger partial charge in [-0.2, -0.15) is 0 Å². The van der Waals surface area contributed by atoms with E-state index in [0.29, 0.717) is 5.02 Å². The largest absolute Gasteiger partial charge is 0.497 e. The number of amidine groups is 3. The zero-order valence-electron chi connectivity index (χ0n) is 30.6. The van der Waals surface area contributed by atoms with Crippen LogP contribution in [-0.4, -0.2) is 43.4 Å². The summed E-state index contributed by atoms with van der Waals surface area (Å²) in [7, 11) is 1.64. The van der Waals surface area contributed by atoms with E-state index in [4.69, 9.17) is 49.8 Å². The number of benzene rings is 3. The fraction of sp³-hybridized carbons (Fsp3) is 0.132. The van der Waals surface area contributed by atoms with Crippen LogP contribution in [0.3, 0.4) is 0 Å². The van der Waals surface area contributed by atoms with Gasteiger partial charge in [-0.15, -0.1) is 69.3 Å². The summed E-state index contributed by atoms with van der Waals surface area (Å²) in [6, 6.07) is 29.2. The number of thiophene rings is 3. The van der Waals surface area contributed by atoms with E-state index in [9.17, 15) is 0 Å². The van der Waals surface area contributed by atoms with Gasteiger partial charge in [-0.25, -0.2) is 0 Å². The molecule has 0 aliphatic heterocycles. The number of nitrogens with one attached hydrogen (secondary N) is 6. The van der Waals surface area contributed by atoms with Crippen LogP contribution in [0.25, 0.3) is 0 Å². The van der Waals surface area contributed by atoms with Gasteiger partial charge in [0, 0.05) is 28.2 Å². The fourth-order valence-corrected chi connectivity index (χ4v) is 9.70. The average molecular weight is 869 g/mol. The quantitative estimate of drug-likeness (QED) is 0.0306. The van der Waals surface area contributed by atoms with Crippen molar-refractivity contribution in [3.05, 3.63) is 116 Å². The smallest absolute Gasteiger partial charge is 0.133 e. The van der Waals surface area contributed by atoms with E-state index in [-0.39, 0.29) is 17.5 Å². The second kappa shape index (κ2) is 21.1. The van der Waals surface area contributed by atoms with E-state index in [1.54, 1.807) is 53.7 Å². The molecule has 288 valence electrons. The summed E-state index contributed by atoms with van der Waals surface area (Å²) in [6.07, 6.45) is 6.03. The first-order chi connectivity index (χ1) is 26.3. The van der Waals surface area contributed by atoms with Gasteiger partial charge in [0.2, 0.25) is 0 Å². The molecule has 0 aliphatic rings. The number of hydrogen-bond acceptors (Lipinski definition) is 13. The molecule has 17 heteroatoms. The van der Waals surface area contributed by atoms with Crippen molar-refractivity contribution in [3.8, 4) is 5.75 Å². The summed E-state index contributed by atoms with van der Waals surface area (Å²) in [5, 5.41) is 33.2. The molecule has 3 heterocycles. The fourth-order valence-electron chi connectivity index (χ4n) is 4.66. The maximum absolute atomic E-state index is 7.50. The molecule has 3 aromatic carbocycles. The van der Waals surface area contributed by atoms with E-state index in [0.717, 1.165) is 67.1 Å². The number of aryl methyl sites for hydroxylation is 1. The van der Waals surface area contributed by atoms with Crippen molar-refractivity contribution in [2.24, 2.45) is 17.2 Å². The van der Waals surface area contributed by atoms with E-state index in [2.05, 4.69) is 35.0 Å². The maximum atomic E-state index is 7.50. The second-order valence-electron chi connectivity index (χ2n) is 11.3. The van der Waals surface area contributed by atoms with Crippen molar-refractivity contribution in [2.45, 2.75) is 19.6 Å². The molecule has 0 saturated carbocycles. The van der Waals surface area contributed by atoms with Crippen LogP contribution in [0.1, 0.15) is 20.2 Å². The Kier molecular flexibility index (Phi) is 16.7. The summed E-state index contributed by atoms with van der Waals surface area (Å²) in [5.41, 5.74) is 23.7. The van der Waals surface area contributed by atoms with Crippen molar-refractivity contribution in [3.63, 3.8) is 0 Å². The SMILES string of the molecule is COc1cccc(Nc2cc(C(=N)N)sc2SC)c1.CSc1sc(C(=N)N)cc1Nc1ccc(Cl)cc1.CSc1sc(C(=N)N)cc1Nc1cccc(C)c1. The molecule has 0 saturated heterocycles. The molecule has 55 heavy (non-hydrogen) atoms. The predicted molar refractivity (Wildman–Crippen MR) is 247 cm³/mol. The van der Waals surface area contributed by atoms with Gasteiger partial charge in [-0.05, 0) is 98.0 Å². The van der Waals surface area contributed by atoms with Gasteiger partial charge in [-0.3, -0.25) is 16.2 Å². The summed E-state index contributed by atoms with van der Waals surface area (Å²) >= 11 is 15.3. The van der Waals surface area contributed by atoms with Crippen LogP contribution in [0, 0.1) is 23.2 Å². The number of nitrogen functional groups attached to an aromatic ring is 3. The molecule has 0 bridgehead atoms. The zero-order valence-corrected chi connectivity index (χ0v) is 36.3. The molecule has 0 fully saturated rings. The van der Waals surface area contributed by atoms with Crippen molar-refractivity contribution in [1.82, 2.24) is 0 Å². The van der Waals surface area contributed by atoms with E-state index in [1.807, 2.05) is 97.6 Å². The van der Waals surface area contributed by atoms with Crippen molar-refractivity contribution in [2.75, 3.05) is 41.8 Å². The Morgan fingerprint density at radius 3 is 1.36 bits per heavy atom. The third-order valence-electron chi connectivity index (χ3n) is 7.22. The van der Waals surface area contributed by atoms with E-state index in [1.165, 1.54) is 28.2 Å². The Labute approximate surface area is 351 Å². The number of rotatable bonds is 13. The highest BCUT2D eigenvalue weighted by molar-refractivity contribution is 8.01. The highest BCUT2D eigenvalue weighted by atomic mass is 35.5. The van der Waals surface area contributed by atoms with Crippen LogP contribution in [0.15, 0.2) is 104 Å². The van der Waals surface area contributed by atoms with Gasteiger partial charge in [0.05, 0.1) is 51.4 Å². The van der Waals surface area contributed by atoms with Crippen LogP contribution in [0.5, 0.6) is 5.75 Å². The number of nitrogens with two attached hydrogens (primary N) is 3. The summed E-state index contributed by atoms with van der Waals surface area (Å²) < 4.78 is 8.55. The minimum Gasteiger partial charge on any atom is -0.497 e. The first-order valence-corrected chi connectivity index (χ1v) is 22.7. The third-order valence-corrected chi connectivity index (χ3v) is 14.4. The first-order valence-electron chi connectivity index (χ1n) is 16.2. The lowest BCUT2D eigenvalue weighted by atomic mass is 10.2. The molecule has 12 N–H and O–H groups in total. The van der Waals surface area contributed by atoms with Crippen molar-refractivity contribution >= 4 is 133 Å². The third kappa shape index (κ3) is 12.9. The molecule has 0 atom stereocenters. The lowest BCUT2D eigenvalue weighted by Crippen LogP contribution is -2.08. The molecule has 0 unspecified atom stereocenters. The minimum absolute atomic E-state index is 0.0963. The first kappa shape index (κ1) is 43.4. The Bertz CT molecular complexity index is 2230. The summed E-state index contributed by atoms with van der Waals surface area (Å²) in [5.74, 6) is 1.11. The normalized spacial score (nSPS) is 10.3. The Balaban J connectivity index is 0.000000184. The molecule has 0 amide bonds. The van der Waals surface area contributed by atoms with Gasteiger partial charge in [0.1, 0.15) is 23.3 Å². The summed E-state index contributed by atoms with van der Waals surface area (Å²) in [4.78, 5) is 2.35. The topological polar surface area (TPSA) is 195 Å². The standard InChI is InChI=1S/C13H15N3OS2.C13H15N3S2.C12H12ClN3S2/c1-17-9-5-3-4-8(6-9)16-10-7-11(12(14)15)19-13(10)18-2;1-8-4-3-5-9(6-8)16-10-7-11(12(14)15)18-13(10)17-2;1-17-12-9(6-10(18-12)11(14)15)16-8-4-2-7(13)3-5-8/h3-7,16H,1-2H3,(H3,14,15);3-7,16H,1-2H3,(H3,14,15);2-6,16H,1H3,(H3,14,15). The molecule has 0 radical (unpaired) electrons. The zero-order chi connectivity index (χ0) is 40.1. The Morgan fingerprint density at radius 2 is 0.982 bits per heavy atom. The molecular weight excluding hydrogens is 826 g/mol. The Morgan fingerprint density at radius 1 is 0.582 bits per heavy atom. The number of thioether (sulfide) groups is 3. The predicted octanol–water partition coefficient (Wildman–Crippen LogP) is 11.5. The number of anilines is 6. The Hall–Kier alpha value is -4.29. The van der Waals surface area contributed by atoms with Crippen LogP contribution < -0.4 is 37.9 Å². The van der Waals surface area contributed by atoms with Gasteiger partial charge in [-0.1, -0.05) is 29.8 Å². The maximum Gasteiger partial charge on any atom is 0.133 e. The molecule has 0 spiro atoms. The monoisotopic (exact) mass is 867 g/mol. The van der Waals surface area contributed by atoms with E-state index >= 15 is 0 Å². The molecule has 6 aromatic rings. The van der Waals surface area contributed by atoms with Crippen LogP contribution >= 0.6 is 80.9 Å². The van der Waals surface area contributed by atoms with Crippen LogP contribution in [0.2, 0.25) is 5.02 Å². The minimum atomic E-state index is 0.0963. The molecule has 3 aromatic heterocycles. The van der Waals surface area contributed by atoms with Gasteiger partial charge >= 0.3 is 0 Å². The summed E-state index contributed by atoms with van der Waals surface area (Å²) in [6.45, 7) is 2.06. The lowest BCUT2D eigenvalue weighted by Gasteiger charge is -2.07. The van der Waals surface area contributed by atoms with Crippen molar-refractivity contribution in [1.29, 1.82) is 16.2 Å². The van der Waals surface area contributed by atoms with Crippen molar-refractivity contribution < 1.29 is 4.74 Å².